The number of hydrogen-bond acceptors (Lipinski definition) is 8. The minimum Gasteiger partial charge on any atom is -0.346 e. The Morgan fingerprint density at radius 3 is 2.35 bits per heavy atom. The molecule has 270 valence electrons. The van der Waals surface area contributed by atoms with Crippen LogP contribution in [0, 0.1) is 17.8 Å². The third kappa shape index (κ3) is 12.0. The molecule has 3 atom stereocenters. The number of terminal acetylenes is 1. The highest BCUT2D eigenvalue weighted by atomic mass is 32.2. The van der Waals surface area contributed by atoms with Gasteiger partial charge in [-0.05, 0) is 50.2 Å². The Morgan fingerprint density at radius 2 is 1.80 bits per heavy atom. The first kappa shape index (κ1) is 40.9. The Hall–Kier alpha value is -4.25. The summed E-state index contributed by atoms with van der Waals surface area (Å²) in [6, 6.07) is 0.505. The van der Waals surface area contributed by atoms with Crippen LogP contribution in [-0.4, -0.2) is 90.3 Å². The fourth-order valence-corrected chi connectivity index (χ4v) is 7.54. The Kier molecular flexibility index (Phi) is 15.4. The van der Waals surface area contributed by atoms with Gasteiger partial charge < -0.3 is 26.2 Å². The van der Waals surface area contributed by atoms with Crippen molar-refractivity contribution < 1.29 is 32.4 Å². The van der Waals surface area contributed by atoms with Gasteiger partial charge in [0.15, 0.2) is 14.9 Å². The molecule has 1 heterocycles. The van der Waals surface area contributed by atoms with E-state index >= 15 is 0 Å². The number of sulfone groups is 1. The standard InChI is InChI=1S/C35H52N6O7S/c1-8-11-17-26(28(42)31(44)37-21-9-2)38-30(43)25(4)41(23-10-3)32(45)29(34(5,6)7)39-33(46)40-35(19-14-12-15-20-35)24-49(47,48)27-18-13-16-22-36-27/h1,9,13,16,18,22,25-26,29H,2,10-12,14-15,17,19-21,23-24H2,3-7H3,(H,37,44)(H,38,43)(H2,39,40,46)/t25-,26?,29+/m0/s1. The van der Waals surface area contributed by atoms with Crippen LogP contribution in [0.4, 0.5) is 4.79 Å². The van der Waals surface area contributed by atoms with Gasteiger partial charge in [0.25, 0.3) is 5.91 Å². The van der Waals surface area contributed by atoms with Crippen LogP contribution in [0.25, 0.3) is 0 Å². The maximum Gasteiger partial charge on any atom is 0.315 e. The molecule has 0 aliphatic heterocycles. The topological polar surface area (TPSA) is 184 Å². The van der Waals surface area contributed by atoms with E-state index in [4.69, 9.17) is 6.42 Å². The van der Waals surface area contributed by atoms with Gasteiger partial charge in [-0.3, -0.25) is 19.2 Å². The zero-order chi connectivity index (χ0) is 36.8. The fraction of sp³-hybridized carbons (Fsp3) is 0.600. The van der Waals surface area contributed by atoms with Gasteiger partial charge in [-0.2, -0.15) is 0 Å². The number of urea groups is 1. The van der Waals surface area contributed by atoms with Crippen molar-refractivity contribution in [3.05, 3.63) is 37.1 Å². The lowest BCUT2D eigenvalue weighted by Gasteiger charge is -2.40. The molecule has 49 heavy (non-hydrogen) atoms. The SMILES string of the molecule is C#CCCC(NC(=O)[C@H](C)N(CCC)C(=O)[C@@H](NC(=O)NC1(CS(=O)(=O)c2ccccn2)CCCCC1)C(C)(C)C)C(=O)C(=O)NCC=C. The second-order valence-corrected chi connectivity index (χ2v) is 15.5. The van der Waals surface area contributed by atoms with Crippen molar-refractivity contribution in [3.63, 3.8) is 0 Å². The molecule has 5 amide bonds. The van der Waals surface area contributed by atoms with E-state index < -0.39 is 68.5 Å². The molecule has 1 aliphatic carbocycles. The van der Waals surface area contributed by atoms with Crippen LogP contribution in [0.3, 0.4) is 0 Å². The fourth-order valence-electron chi connectivity index (χ4n) is 5.80. The monoisotopic (exact) mass is 700 g/mol. The molecule has 1 fully saturated rings. The van der Waals surface area contributed by atoms with Crippen molar-refractivity contribution in [1.29, 1.82) is 0 Å². The normalized spacial score (nSPS) is 16.1. The minimum atomic E-state index is -3.85. The first-order valence-corrected chi connectivity index (χ1v) is 18.4. The molecular formula is C35H52N6O7S. The van der Waals surface area contributed by atoms with E-state index in [1.807, 2.05) is 6.92 Å². The van der Waals surface area contributed by atoms with E-state index in [0.29, 0.717) is 19.3 Å². The highest BCUT2D eigenvalue weighted by molar-refractivity contribution is 7.91. The summed E-state index contributed by atoms with van der Waals surface area (Å²) in [6.45, 7) is 12.3. The van der Waals surface area contributed by atoms with Crippen LogP contribution in [0.15, 0.2) is 42.1 Å². The molecular weight excluding hydrogens is 648 g/mol. The molecule has 0 radical (unpaired) electrons. The third-order valence-corrected chi connectivity index (χ3v) is 10.2. The molecule has 1 saturated carbocycles. The predicted molar refractivity (Wildman–Crippen MR) is 187 cm³/mol. The lowest BCUT2D eigenvalue weighted by molar-refractivity contribution is -0.145. The maximum absolute atomic E-state index is 14.2. The first-order valence-electron chi connectivity index (χ1n) is 16.7. The molecule has 0 spiro atoms. The summed E-state index contributed by atoms with van der Waals surface area (Å²) in [5, 5.41) is 10.6. The predicted octanol–water partition coefficient (Wildman–Crippen LogP) is 2.67. The smallest absolute Gasteiger partial charge is 0.315 e. The first-order chi connectivity index (χ1) is 23.0. The van der Waals surface area contributed by atoms with E-state index in [9.17, 15) is 32.4 Å². The number of hydrogen-bond donors (Lipinski definition) is 4. The number of nitrogens with zero attached hydrogens (tertiary/aromatic N) is 2. The van der Waals surface area contributed by atoms with E-state index in [0.717, 1.165) is 19.3 Å². The Labute approximate surface area is 290 Å². The van der Waals surface area contributed by atoms with Crippen molar-refractivity contribution in [1.82, 2.24) is 31.2 Å². The number of rotatable bonds is 17. The molecule has 1 unspecified atom stereocenters. The molecule has 1 aromatic rings. The zero-order valence-corrected chi connectivity index (χ0v) is 30.2. The second kappa shape index (κ2) is 18.5. The molecule has 13 nitrogen and oxygen atoms in total. The van der Waals surface area contributed by atoms with Crippen LogP contribution >= 0.6 is 0 Å². The Balaban J connectivity index is 2.31. The molecule has 0 aromatic carbocycles. The van der Waals surface area contributed by atoms with Crippen molar-refractivity contribution in [2.75, 3.05) is 18.8 Å². The Bertz CT molecular complexity index is 1480. The van der Waals surface area contributed by atoms with Crippen molar-refractivity contribution in [3.8, 4) is 12.3 Å². The molecule has 0 bridgehead atoms. The minimum absolute atomic E-state index is 0.0151. The third-order valence-electron chi connectivity index (χ3n) is 8.44. The molecule has 1 aliphatic rings. The summed E-state index contributed by atoms with van der Waals surface area (Å²) in [5.74, 6) is -0.933. The van der Waals surface area contributed by atoms with E-state index in [1.165, 1.54) is 30.2 Å². The van der Waals surface area contributed by atoms with Gasteiger partial charge in [0.1, 0.15) is 12.1 Å². The lowest BCUT2D eigenvalue weighted by Crippen LogP contribution is -2.63. The average Bonchev–Trinajstić information content (AvgIpc) is 3.05. The largest absolute Gasteiger partial charge is 0.346 e. The zero-order valence-electron chi connectivity index (χ0n) is 29.3. The number of nitrogens with one attached hydrogen (secondary N) is 4. The van der Waals surface area contributed by atoms with E-state index in [1.54, 1.807) is 32.9 Å². The van der Waals surface area contributed by atoms with Gasteiger partial charge in [0.05, 0.1) is 17.3 Å². The van der Waals surface area contributed by atoms with Crippen LogP contribution in [0.2, 0.25) is 0 Å². The molecule has 14 heteroatoms. The van der Waals surface area contributed by atoms with Gasteiger partial charge in [0, 0.05) is 25.7 Å². The van der Waals surface area contributed by atoms with Gasteiger partial charge in [-0.25, -0.2) is 18.2 Å². The molecule has 1 aromatic heterocycles. The van der Waals surface area contributed by atoms with Crippen LogP contribution in [0.5, 0.6) is 0 Å². The summed E-state index contributed by atoms with van der Waals surface area (Å²) in [5.41, 5.74) is -1.90. The number of pyridine rings is 1. The van der Waals surface area contributed by atoms with Crippen LogP contribution < -0.4 is 21.3 Å². The van der Waals surface area contributed by atoms with Gasteiger partial charge in [-0.15, -0.1) is 18.9 Å². The maximum atomic E-state index is 14.2. The van der Waals surface area contributed by atoms with E-state index in [2.05, 4.69) is 38.8 Å². The van der Waals surface area contributed by atoms with Crippen molar-refractivity contribution in [2.24, 2.45) is 5.41 Å². The van der Waals surface area contributed by atoms with Crippen LogP contribution in [-0.2, 0) is 29.0 Å². The van der Waals surface area contributed by atoms with Gasteiger partial charge in [-0.1, -0.05) is 59.1 Å². The average molecular weight is 701 g/mol. The summed E-state index contributed by atoms with van der Waals surface area (Å²) in [4.78, 5) is 71.9. The summed E-state index contributed by atoms with van der Waals surface area (Å²) >= 11 is 0. The molecule has 4 N–H and O–H groups in total. The highest BCUT2D eigenvalue weighted by Crippen LogP contribution is 2.31. The lowest BCUT2D eigenvalue weighted by atomic mass is 9.83. The molecule has 0 saturated heterocycles. The van der Waals surface area contributed by atoms with Crippen LogP contribution in [0.1, 0.15) is 86.0 Å². The number of aromatic nitrogens is 1. The Morgan fingerprint density at radius 1 is 1.12 bits per heavy atom. The summed E-state index contributed by atoms with van der Waals surface area (Å²) in [7, 11) is -3.85. The number of Topliss-reactive ketones (excluding diaryl/α,β-unsaturated/α-hetero) is 1. The number of ketones is 1. The van der Waals surface area contributed by atoms with E-state index in [-0.39, 0.29) is 36.7 Å². The second-order valence-electron chi connectivity index (χ2n) is 13.5. The number of amides is 5. The van der Waals surface area contributed by atoms with Crippen molar-refractivity contribution in [2.45, 2.75) is 115 Å². The number of carbonyl (C=O) groups is 5. The summed E-state index contributed by atoms with van der Waals surface area (Å²) < 4.78 is 26.7. The van der Waals surface area contributed by atoms with Gasteiger partial charge >= 0.3 is 6.03 Å². The summed E-state index contributed by atoms with van der Waals surface area (Å²) in [6.07, 6.45) is 12.0. The number of carbonyl (C=O) groups excluding carboxylic acids is 5. The van der Waals surface area contributed by atoms with Crippen molar-refractivity contribution >= 4 is 39.4 Å². The quantitative estimate of drug-likeness (QED) is 0.109. The highest BCUT2D eigenvalue weighted by Gasteiger charge is 2.43. The molecule has 2 rings (SSSR count). The van der Waals surface area contributed by atoms with Gasteiger partial charge in [0.2, 0.25) is 17.6 Å².